The molecule has 0 aliphatic rings. The number of hydrogen-bond acceptors (Lipinski definition) is 3. The summed E-state index contributed by atoms with van der Waals surface area (Å²) in [6, 6.07) is 13.9. The SMILES string of the molecule is COc1ccc(-c2cc(C(F)F)c3cnn(-c4ccc(F)cc4)c3n2)cc1. The van der Waals surface area contributed by atoms with Gasteiger partial charge in [-0.05, 0) is 54.6 Å². The van der Waals surface area contributed by atoms with Crippen molar-refractivity contribution in [3.63, 3.8) is 0 Å². The van der Waals surface area contributed by atoms with Crippen LogP contribution in [0.25, 0.3) is 28.0 Å². The van der Waals surface area contributed by atoms with Crippen LogP contribution >= 0.6 is 0 Å². The van der Waals surface area contributed by atoms with Gasteiger partial charge in [-0.25, -0.2) is 22.8 Å². The quantitative estimate of drug-likeness (QED) is 0.498. The predicted molar refractivity (Wildman–Crippen MR) is 95.8 cm³/mol. The Morgan fingerprint density at radius 1 is 1.00 bits per heavy atom. The molecule has 0 amide bonds. The molecule has 0 aliphatic carbocycles. The van der Waals surface area contributed by atoms with E-state index in [0.717, 1.165) is 0 Å². The molecule has 0 atom stereocenters. The maximum atomic E-state index is 13.6. The van der Waals surface area contributed by atoms with Crippen LogP contribution in [0.2, 0.25) is 0 Å². The first-order chi connectivity index (χ1) is 13.1. The van der Waals surface area contributed by atoms with Crippen molar-refractivity contribution >= 4 is 11.0 Å². The third-order valence-electron chi connectivity index (χ3n) is 4.27. The normalized spacial score (nSPS) is 11.3. The molecule has 0 bridgehead atoms. The lowest BCUT2D eigenvalue weighted by atomic mass is 10.1. The molecule has 2 heterocycles. The first-order valence-corrected chi connectivity index (χ1v) is 8.14. The Morgan fingerprint density at radius 2 is 1.70 bits per heavy atom. The van der Waals surface area contributed by atoms with E-state index in [1.807, 2.05) is 0 Å². The minimum absolute atomic E-state index is 0.154. The summed E-state index contributed by atoms with van der Waals surface area (Å²) in [6.45, 7) is 0. The average molecular weight is 369 g/mol. The van der Waals surface area contributed by atoms with E-state index in [9.17, 15) is 13.2 Å². The number of halogens is 3. The summed E-state index contributed by atoms with van der Waals surface area (Å²) in [7, 11) is 1.55. The highest BCUT2D eigenvalue weighted by atomic mass is 19.3. The number of nitrogens with zero attached hydrogens (tertiary/aromatic N) is 3. The fourth-order valence-electron chi connectivity index (χ4n) is 2.89. The summed E-state index contributed by atoms with van der Waals surface area (Å²) in [4.78, 5) is 4.54. The summed E-state index contributed by atoms with van der Waals surface area (Å²) in [5.74, 6) is 0.264. The van der Waals surface area contributed by atoms with Crippen LogP contribution < -0.4 is 4.74 Å². The maximum Gasteiger partial charge on any atom is 0.264 e. The molecule has 0 fully saturated rings. The number of methoxy groups -OCH3 is 1. The molecule has 136 valence electrons. The highest BCUT2D eigenvalue weighted by Gasteiger charge is 2.19. The van der Waals surface area contributed by atoms with Crippen molar-refractivity contribution in [1.82, 2.24) is 14.8 Å². The van der Waals surface area contributed by atoms with E-state index in [0.29, 0.717) is 22.7 Å². The second kappa shape index (κ2) is 6.75. The zero-order valence-corrected chi connectivity index (χ0v) is 14.2. The van der Waals surface area contributed by atoms with E-state index in [1.54, 1.807) is 31.4 Å². The Balaban J connectivity index is 1.92. The summed E-state index contributed by atoms with van der Waals surface area (Å²) in [5, 5.41) is 4.43. The molecule has 2 aromatic carbocycles. The van der Waals surface area contributed by atoms with E-state index < -0.39 is 12.2 Å². The van der Waals surface area contributed by atoms with Crippen LogP contribution in [-0.2, 0) is 0 Å². The number of benzene rings is 2. The molecule has 4 nitrogen and oxygen atoms in total. The molecule has 0 saturated carbocycles. The van der Waals surface area contributed by atoms with Crippen LogP contribution in [0.4, 0.5) is 13.2 Å². The van der Waals surface area contributed by atoms with Gasteiger partial charge in [0.2, 0.25) is 0 Å². The molecular weight excluding hydrogens is 355 g/mol. The number of fused-ring (bicyclic) bond motifs is 1. The van der Waals surface area contributed by atoms with E-state index in [1.165, 1.54) is 41.2 Å². The lowest BCUT2D eigenvalue weighted by molar-refractivity contribution is 0.153. The minimum atomic E-state index is -2.68. The molecule has 4 aromatic rings. The Hall–Kier alpha value is -3.35. The maximum absolute atomic E-state index is 13.6. The van der Waals surface area contributed by atoms with Crippen LogP contribution in [0.5, 0.6) is 5.75 Å². The summed E-state index contributed by atoms with van der Waals surface area (Å²) >= 11 is 0. The van der Waals surface area contributed by atoms with Crippen molar-refractivity contribution in [2.45, 2.75) is 6.43 Å². The smallest absolute Gasteiger partial charge is 0.264 e. The third kappa shape index (κ3) is 3.12. The standard InChI is InChI=1S/C20H14F3N3O/c1-27-15-8-2-12(3-9-15)18-10-16(19(22)23)17-11-24-26(20(17)25-18)14-6-4-13(21)5-7-14/h2-11,19H,1H3. The Morgan fingerprint density at radius 3 is 2.33 bits per heavy atom. The van der Waals surface area contributed by atoms with Gasteiger partial charge in [-0.3, -0.25) is 0 Å². The summed E-state index contributed by atoms with van der Waals surface area (Å²) < 4.78 is 47.0. The average Bonchev–Trinajstić information content (AvgIpc) is 3.11. The number of ether oxygens (including phenoxy) is 1. The van der Waals surface area contributed by atoms with E-state index in [-0.39, 0.29) is 16.6 Å². The van der Waals surface area contributed by atoms with E-state index >= 15 is 0 Å². The van der Waals surface area contributed by atoms with Gasteiger partial charge in [-0.2, -0.15) is 5.10 Å². The topological polar surface area (TPSA) is 39.9 Å². The van der Waals surface area contributed by atoms with E-state index in [4.69, 9.17) is 4.74 Å². The van der Waals surface area contributed by atoms with Gasteiger partial charge >= 0.3 is 0 Å². The van der Waals surface area contributed by atoms with Crippen LogP contribution in [0.15, 0.2) is 60.8 Å². The number of aromatic nitrogens is 3. The van der Waals surface area contributed by atoms with E-state index in [2.05, 4.69) is 10.1 Å². The fourth-order valence-corrected chi connectivity index (χ4v) is 2.89. The predicted octanol–water partition coefficient (Wildman–Crippen LogP) is 5.17. The van der Waals surface area contributed by atoms with Crippen molar-refractivity contribution in [1.29, 1.82) is 0 Å². The molecule has 0 saturated heterocycles. The Kier molecular flexibility index (Phi) is 4.27. The van der Waals surface area contributed by atoms with Gasteiger partial charge in [-0.15, -0.1) is 0 Å². The monoisotopic (exact) mass is 369 g/mol. The minimum Gasteiger partial charge on any atom is -0.497 e. The first-order valence-electron chi connectivity index (χ1n) is 8.14. The van der Waals surface area contributed by atoms with Crippen molar-refractivity contribution in [2.24, 2.45) is 0 Å². The van der Waals surface area contributed by atoms with Crippen molar-refractivity contribution in [3.8, 4) is 22.7 Å². The second-order valence-electron chi connectivity index (χ2n) is 5.90. The van der Waals surface area contributed by atoms with Crippen LogP contribution in [0.3, 0.4) is 0 Å². The van der Waals surface area contributed by atoms with Crippen molar-refractivity contribution < 1.29 is 17.9 Å². The molecule has 0 N–H and O–H groups in total. The lowest BCUT2D eigenvalue weighted by Crippen LogP contribution is -2.00. The second-order valence-corrected chi connectivity index (χ2v) is 5.90. The van der Waals surface area contributed by atoms with Crippen LogP contribution in [0.1, 0.15) is 12.0 Å². The third-order valence-corrected chi connectivity index (χ3v) is 4.27. The highest BCUT2D eigenvalue weighted by Crippen LogP contribution is 2.32. The lowest BCUT2D eigenvalue weighted by Gasteiger charge is -2.09. The molecule has 0 aliphatic heterocycles. The molecular formula is C20H14F3N3O. The Labute approximate surface area is 152 Å². The molecule has 0 spiro atoms. The number of alkyl halides is 2. The van der Waals surface area contributed by atoms with Gasteiger partial charge in [0.1, 0.15) is 11.6 Å². The van der Waals surface area contributed by atoms with Gasteiger partial charge < -0.3 is 4.74 Å². The zero-order valence-electron chi connectivity index (χ0n) is 14.2. The van der Waals surface area contributed by atoms with Crippen molar-refractivity contribution in [2.75, 3.05) is 7.11 Å². The van der Waals surface area contributed by atoms with Gasteiger partial charge in [-0.1, -0.05) is 0 Å². The molecule has 7 heteroatoms. The number of hydrogen-bond donors (Lipinski definition) is 0. The summed E-state index contributed by atoms with van der Waals surface area (Å²) in [5.41, 5.74) is 1.73. The largest absolute Gasteiger partial charge is 0.497 e. The Bertz CT molecular complexity index is 1090. The molecule has 0 radical (unpaired) electrons. The molecule has 0 unspecified atom stereocenters. The van der Waals surface area contributed by atoms with Crippen molar-refractivity contribution in [3.05, 3.63) is 72.2 Å². The van der Waals surface area contributed by atoms with Gasteiger partial charge in [0.15, 0.2) is 5.65 Å². The van der Waals surface area contributed by atoms with Crippen LogP contribution in [-0.4, -0.2) is 21.9 Å². The summed E-state index contributed by atoms with van der Waals surface area (Å²) in [6.07, 6.45) is -1.33. The van der Waals surface area contributed by atoms with Gasteiger partial charge in [0.25, 0.3) is 6.43 Å². The van der Waals surface area contributed by atoms with Crippen LogP contribution in [0, 0.1) is 5.82 Å². The molecule has 27 heavy (non-hydrogen) atoms. The van der Waals surface area contributed by atoms with Gasteiger partial charge in [0.05, 0.1) is 24.7 Å². The fraction of sp³-hybridized carbons (Fsp3) is 0.100. The molecule has 2 aromatic heterocycles. The molecule has 4 rings (SSSR count). The number of pyridine rings is 1. The van der Waals surface area contributed by atoms with Gasteiger partial charge in [0, 0.05) is 16.5 Å². The zero-order chi connectivity index (χ0) is 19.0. The number of rotatable bonds is 4. The first kappa shape index (κ1) is 17.1. The highest BCUT2D eigenvalue weighted by molar-refractivity contribution is 5.84.